The number of rotatable bonds is 6. The molecule has 1 aromatic rings. The van der Waals surface area contributed by atoms with E-state index in [1.807, 2.05) is 10.9 Å². The van der Waals surface area contributed by atoms with E-state index in [1.165, 1.54) is 32.4 Å². The Morgan fingerprint density at radius 2 is 2.35 bits per heavy atom. The average molecular weight is 237 g/mol. The van der Waals surface area contributed by atoms with Gasteiger partial charge in [-0.1, -0.05) is 12.1 Å². The Morgan fingerprint density at radius 1 is 1.41 bits per heavy atom. The molecule has 5 heteroatoms. The predicted molar refractivity (Wildman–Crippen MR) is 67.8 cm³/mol. The van der Waals surface area contributed by atoms with Crippen molar-refractivity contribution in [2.24, 2.45) is 0 Å². The second-order valence-corrected chi connectivity index (χ2v) is 4.76. The highest BCUT2D eigenvalue weighted by molar-refractivity contribution is 4.78. The van der Waals surface area contributed by atoms with Crippen LogP contribution in [0, 0.1) is 0 Å². The van der Waals surface area contributed by atoms with Crippen molar-refractivity contribution >= 4 is 0 Å². The first-order valence-electron chi connectivity index (χ1n) is 6.68. The van der Waals surface area contributed by atoms with E-state index >= 15 is 0 Å². The van der Waals surface area contributed by atoms with E-state index in [2.05, 4.69) is 27.5 Å². The van der Waals surface area contributed by atoms with E-state index in [1.54, 1.807) is 6.20 Å². The van der Waals surface area contributed by atoms with Gasteiger partial charge in [0.05, 0.1) is 12.7 Å². The Labute approximate surface area is 103 Å². The first-order valence-corrected chi connectivity index (χ1v) is 6.68. The molecule has 0 radical (unpaired) electrons. The van der Waals surface area contributed by atoms with E-state index in [9.17, 15) is 0 Å². The van der Waals surface area contributed by atoms with Gasteiger partial charge in [-0.25, -0.2) is 0 Å². The topological polar surface area (TPSA) is 46.0 Å². The third-order valence-electron chi connectivity index (χ3n) is 3.31. The van der Waals surface area contributed by atoms with E-state index < -0.39 is 0 Å². The normalized spacial score (nSPS) is 21.8. The van der Waals surface area contributed by atoms with Crippen molar-refractivity contribution in [1.82, 2.24) is 25.2 Å². The summed E-state index contributed by atoms with van der Waals surface area (Å²) in [7, 11) is 0. The molecular formula is C12H23N5. The van der Waals surface area contributed by atoms with Gasteiger partial charge in [-0.3, -0.25) is 9.58 Å². The molecule has 1 saturated heterocycles. The van der Waals surface area contributed by atoms with Crippen molar-refractivity contribution < 1.29 is 0 Å². The van der Waals surface area contributed by atoms with Gasteiger partial charge < -0.3 is 5.32 Å². The maximum atomic E-state index is 3.99. The molecule has 1 fully saturated rings. The maximum Gasteiger partial charge on any atom is 0.0692 e. The molecule has 17 heavy (non-hydrogen) atoms. The first kappa shape index (κ1) is 12.5. The van der Waals surface area contributed by atoms with Gasteiger partial charge in [0.15, 0.2) is 0 Å². The van der Waals surface area contributed by atoms with E-state index in [-0.39, 0.29) is 0 Å². The van der Waals surface area contributed by atoms with E-state index in [0.29, 0.717) is 6.04 Å². The summed E-state index contributed by atoms with van der Waals surface area (Å²) in [4.78, 5) is 2.53. The fourth-order valence-electron chi connectivity index (χ4n) is 2.37. The smallest absolute Gasteiger partial charge is 0.0692 e. The fraction of sp³-hybridized carbons (Fsp3) is 0.833. The average Bonchev–Trinajstić information content (AvgIpc) is 2.87. The number of hydrogen-bond acceptors (Lipinski definition) is 4. The van der Waals surface area contributed by atoms with Gasteiger partial charge in [0.1, 0.15) is 0 Å². The largest absolute Gasteiger partial charge is 0.313 e. The van der Waals surface area contributed by atoms with Crippen LogP contribution in [0.1, 0.15) is 26.2 Å². The second-order valence-electron chi connectivity index (χ2n) is 4.76. The molecule has 1 atom stereocenters. The summed E-state index contributed by atoms with van der Waals surface area (Å²) in [6, 6.07) is 0.680. The summed E-state index contributed by atoms with van der Waals surface area (Å²) in [6.45, 7) is 7.78. The molecule has 96 valence electrons. The van der Waals surface area contributed by atoms with Gasteiger partial charge in [-0.05, 0) is 32.4 Å². The monoisotopic (exact) mass is 237 g/mol. The molecular weight excluding hydrogens is 214 g/mol. The zero-order valence-corrected chi connectivity index (χ0v) is 10.7. The number of nitrogens with one attached hydrogen (secondary N) is 1. The highest BCUT2D eigenvalue weighted by Gasteiger charge is 2.18. The van der Waals surface area contributed by atoms with Gasteiger partial charge in [0, 0.05) is 25.3 Å². The number of likely N-dealkylation sites (tertiary alicyclic amines) is 1. The summed E-state index contributed by atoms with van der Waals surface area (Å²) in [5.74, 6) is 0. The van der Waals surface area contributed by atoms with Crippen LogP contribution >= 0.6 is 0 Å². The van der Waals surface area contributed by atoms with Crippen molar-refractivity contribution in [1.29, 1.82) is 0 Å². The molecule has 5 nitrogen and oxygen atoms in total. The van der Waals surface area contributed by atoms with E-state index in [4.69, 9.17) is 0 Å². The highest BCUT2D eigenvalue weighted by atomic mass is 15.4. The molecule has 0 aromatic carbocycles. The summed E-state index contributed by atoms with van der Waals surface area (Å²) >= 11 is 0. The van der Waals surface area contributed by atoms with Crippen molar-refractivity contribution in [2.75, 3.05) is 26.2 Å². The molecule has 2 rings (SSSR count). The molecule has 0 bridgehead atoms. The lowest BCUT2D eigenvalue weighted by molar-refractivity contribution is 0.182. The van der Waals surface area contributed by atoms with Crippen LogP contribution in [0.2, 0.25) is 0 Å². The minimum atomic E-state index is 0.680. The molecule has 1 aromatic heterocycles. The molecule has 2 heterocycles. The van der Waals surface area contributed by atoms with Gasteiger partial charge in [-0.15, -0.1) is 5.10 Å². The molecule has 0 amide bonds. The molecule has 1 aliphatic rings. The van der Waals surface area contributed by atoms with Crippen LogP contribution < -0.4 is 5.32 Å². The van der Waals surface area contributed by atoms with Gasteiger partial charge in [0.25, 0.3) is 0 Å². The number of aromatic nitrogens is 3. The standard InChI is InChI=1S/C12H23N5/c1-2-5-13-12-4-3-7-16(11-12)9-10-17-8-6-14-15-17/h6,8,12-13H,2-5,7,9-11H2,1H3. The highest BCUT2D eigenvalue weighted by Crippen LogP contribution is 2.09. The molecule has 0 aliphatic carbocycles. The van der Waals surface area contributed by atoms with Crippen LogP contribution in [0.25, 0.3) is 0 Å². The van der Waals surface area contributed by atoms with Crippen LogP contribution in [0.4, 0.5) is 0 Å². The maximum absolute atomic E-state index is 3.99. The minimum absolute atomic E-state index is 0.680. The Morgan fingerprint density at radius 3 is 3.12 bits per heavy atom. The molecule has 0 spiro atoms. The quantitative estimate of drug-likeness (QED) is 0.793. The van der Waals surface area contributed by atoms with Crippen molar-refractivity contribution in [3.05, 3.63) is 12.4 Å². The van der Waals surface area contributed by atoms with Crippen LogP contribution in [-0.4, -0.2) is 52.1 Å². The summed E-state index contributed by atoms with van der Waals surface area (Å²) in [5, 5.41) is 11.4. The Hall–Kier alpha value is -0.940. The molecule has 0 saturated carbocycles. The predicted octanol–water partition coefficient (Wildman–Crippen LogP) is 0.742. The fourth-order valence-corrected chi connectivity index (χ4v) is 2.37. The lowest BCUT2D eigenvalue weighted by Gasteiger charge is -2.33. The number of piperidine rings is 1. The summed E-state index contributed by atoms with van der Waals surface area (Å²) < 4.78 is 1.91. The minimum Gasteiger partial charge on any atom is -0.313 e. The summed E-state index contributed by atoms with van der Waals surface area (Å²) in [5.41, 5.74) is 0. The molecule has 1 N–H and O–H groups in total. The van der Waals surface area contributed by atoms with Gasteiger partial charge in [0.2, 0.25) is 0 Å². The number of nitrogens with zero attached hydrogens (tertiary/aromatic N) is 4. The first-order chi connectivity index (χ1) is 8.38. The van der Waals surface area contributed by atoms with E-state index in [0.717, 1.165) is 19.6 Å². The Kier molecular flexibility index (Phi) is 4.94. The summed E-state index contributed by atoms with van der Waals surface area (Å²) in [6.07, 6.45) is 7.51. The lowest BCUT2D eigenvalue weighted by Crippen LogP contribution is -2.46. The van der Waals surface area contributed by atoms with Gasteiger partial charge >= 0.3 is 0 Å². The number of hydrogen-bond donors (Lipinski definition) is 1. The van der Waals surface area contributed by atoms with Crippen LogP contribution in [-0.2, 0) is 6.54 Å². The van der Waals surface area contributed by atoms with Crippen molar-refractivity contribution in [3.63, 3.8) is 0 Å². The zero-order chi connectivity index (χ0) is 11.9. The van der Waals surface area contributed by atoms with Crippen molar-refractivity contribution in [2.45, 2.75) is 38.8 Å². The lowest BCUT2D eigenvalue weighted by atomic mass is 10.1. The Balaban J connectivity index is 1.69. The van der Waals surface area contributed by atoms with Crippen LogP contribution in [0.5, 0.6) is 0 Å². The third kappa shape index (κ3) is 4.09. The second kappa shape index (κ2) is 6.71. The van der Waals surface area contributed by atoms with Crippen molar-refractivity contribution in [3.8, 4) is 0 Å². The SMILES string of the molecule is CCCNC1CCCN(CCn2ccnn2)C1. The molecule has 1 unspecified atom stereocenters. The Bertz CT molecular complexity index is 298. The zero-order valence-electron chi connectivity index (χ0n) is 10.7. The van der Waals surface area contributed by atoms with Crippen LogP contribution in [0.15, 0.2) is 12.4 Å². The third-order valence-corrected chi connectivity index (χ3v) is 3.31. The van der Waals surface area contributed by atoms with Gasteiger partial charge in [-0.2, -0.15) is 0 Å². The molecule has 1 aliphatic heterocycles. The van der Waals surface area contributed by atoms with Crippen LogP contribution in [0.3, 0.4) is 0 Å².